The third-order valence-electron chi connectivity index (χ3n) is 5.75. The lowest BCUT2D eigenvalue weighted by atomic mass is 9.79. The second-order valence-electron chi connectivity index (χ2n) is 7.31. The number of hydrogen-bond donors (Lipinski definition) is 0. The van der Waals surface area contributed by atoms with E-state index < -0.39 is 11.8 Å². The van der Waals surface area contributed by atoms with Crippen molar-refractivity contribution in [2.45, 2.75) is 38.5 Å². The van der Waals surface area contributed by atoms with Crippen LogP contribution in [0.2, 0.25) is 0 Å². The maximum Gasteiger partial charge on any atom is 0.329 e. The maximum atomic E-state index is 13.2. The van der Waals surface area contributed by atoms with Gasteiger partial charge in [-0.05, 0) is 12.3 Å². The second-order valence-corrected chi connectivity index (χ2v) is 7.31. The Kier molecular flexibility index (Phi) is 6.10. The molecule has 1 aliphatic rings. The highest BCUT2D eigenvalue weighted by atomic mass is 16.6. The molecule has 4 nitrogen and oxygen atoms in total. The number of hydrogen-bond acceptors (Lipinski definition) is 4. The molecule has 0 aliphatic carbocycles. The highest BCUT2D eigenvalue weighted by Gasteiger charge is 2.57. The lowest BCUT2D eigenvalue weighted by Crippen LogP contribution is -2.55. The molecule has 4 heteroatoms. The Hall–Kier alpha value is -2.72. The minimum absolute atomic E-state index is 0.00952. The van der Waals surface area contributed by atoms with Crippen molar-refractivity contribution in [3.63, 3.8) is 0 Å². The number of cyclic esters (lactones) is 1. The number of nitrogens with zero attached hydrogens (tertiary/aromatic N) is 1. The number of ether oxygens (including phenoxy) is 1. The Labute approximate surface area is 166 Å². The van der Waals surface area contributed by atoms with Crippen LogP contribution in [0.1, 0.15) is 48.8 Å². The average molecular weight is 377 g/mol. The second kappa shape index (κ2) is 8.53. The van der Waals surface area contributed by atoms with Crippen molar-refractivity contribution < 1.29 is 14.3 Å². The van der Waals surface area contributed by atoms with Crippen LogP contribution in [0.4, 0.5) is 0 Å². The molecule has 0 saturated carbocycles. The van der Waals surface area contributed by atoms with Crippen LogP contribution in [-0.2, 0) is 9.53 Å². The van der Waals surface area contributed by atoms with E-state index in [1.165, 1.54) is 0 Å². The highest BCUT2D eigenvalue weighted by molar-refractivity contribution is 5.98. The van der Waals surface area contributed by atoms with Crippen LogP contribution in [0.15, 0.2) is 73.3 Å². The quantitative estimate of drug-likeness (QED) is 0.377. The average Bonchev–Trinajstić information content (AvgIpc) is 3.01. The molecule has 146 valence electrons. The summed E-state index contributed by atoms with van der Waals surface area (Å²) in [6, 6.07) is 18.8. The molecule has 0 spiro atoms. The summed E-state index contributed by atoms with van der Waals surface area (Å²) < 4.78 is 5.88. The molecular weight excluding hydrogens is 350 g/mol. The van der Waals surface area contributed by atoms with Crippen molar-refractivity contribution >= 4 is 11.8 Å². The van der Waals surface area contributed by atoms with Gasteiger partial charge in [-0.2, -0.15) is 0 Å². The van der Waals surface area contributed by atoms with E-state index in [0.29, 0.717) is 12.0 Å². The summed E-state index contributed by atoms with van der Waals surface area (Å²) in [6.07, 6.45) is 2.39. The lowest BCUT2D eigenvalue weighted by Gasteiger charge is -2.39. The topological polar surface area (TPSA) is 46.6 Å². The van der Waals surface area contributed by atoms with Gasteiger partial charge in [0.05, 0.1) is 6.54 Å². The van der Waals surface area contributed by atoms with E-state index in [-0.39, 0.29) is 24.2 Å². The van der Waals surface area contributed by atoms with Crippen molar-refractivity contribution in [1.29, 1.82) is 0 Å². The van der Waals surface area contributed by atoms with Crippen molar-refractivity contribution in [2.75, 3.05) is 6.54 Å². The van der Waals surface area contributed by atoms with Crippen molar-refractivity contribution in [3.05, 3.63) is 84.4 Å². The van der Waals surface area contributed by atoms with Gasteiger partial charge in [-0.1, -0.05) is 87.0 Å². The first kappa shape index (κ1) is 20.0. The van der Waals surface area contributed by atoms with Crippen LogP contribution in [0.5, 0.6) is 0 Å². The summed E-state index contributed by atoms with van der Waals surface area (Å²) in [6.45, 7) is 8.07. The monoisotopic (exact) mass is 377 g/mol. The van der Waals surface area contributed by atoms with Crippen LogP contribution >= 0.6 is 0 Å². The zero-order chi connectivity index (χ0) is 20.1. The largest absolute Gasteiger partial charge is 0.441 e. The minimum atomic E-state index is -0.901. The molecule has 1 unspecified atom stereocenters. The molecule has 1 saturated heterocycles. The lowest BCUT2D eigenvalue weighted by molar-refractivity contribution is -0.147. The Morgan fingerprint density at radius 2 is 1.79 bits per heavy atom. The van der Waals surface area contributed by atoms with Gasteiger partial charge in [0.25, 0.3) is 0 Å². The molecule has 2 aromatic rings. The first-order chi connectivity index (χ1) is 13.5. The molecular formula is C24H27NO3. The first-order valence-corrected chi connectivity index (χ1v) is 9.76. The molecule has 3 atom stereocenters. The van der Waals surface area contributed by atoms with E-state index in [1.54, 1.807) is 18.2 Å². The number of Topliss-reactive ketones (excluding diaryl/α,β-unsaturated/α-hetero) is 1. The van der Waals surface area contributed by atoms with E-state index in [2.05, 4.69) is 13.5 Å². The summed E-state index contributed by atoms with van der Waals surface area (Å²) in [5.74, 6) is -0.302. The molecule has 2 aromatic carbocycles. The zero-order valence-electron chi connectivity index (χ0n) is 16.5. The summed E-state index contributed by atoms with van der Waals surface area (Å²) >= 11 is 0. The Morgan fingerprint density at radius 1 is 1.18 bits per heavy atom. The molecule has 0 aromatic heterocycles. The highest BCUT2D eigenvalue weighted by Crippen LogP contribution is 2.45. The SMILES string of the molecule is C=CC[C@]1(C(C)CC)C(=O)O[C@@H](c2ccccc2)N1CC(=O)c1ccccc1. The van der Waals surface area contributed by atoms with E-state index in [0.717, 1.165) is 12.0 Å². The number of ketones is 1. The minimum Gasteiger partial charge on any atom is -0.441 e. The standard InChI is InChI=1S/C24H27NO3/c1-4-16-24(18(3)5-2)23(27)28-22(20-14-10-7-11-15-20)25(24)17-21(26)19-12-8-6-9-13-19/h4,6-15,18,22H,1,5,16-17H2,2-3H3/t18?,22-,24-/m0/s1. The predicted octanol–water partition coefficient (Wildman–Crippen LogP) is 4.79. The number of benzene rings is 2. The summed E-state index contributed by atoms with van der Waals surface area (Å²) in [4.78, 5) is 28.2. The van der Waals surface area contributed by atoms with Crippen LogP contribution in [0.25, 0.3) is 0 Å². The number of carbonyl (C=O) groups is 2. The van der Waals surface area contributed by atoms with Gasteiger partial charge in [-0.3, -0.25) is 4.79 Å². The summed E-state index contributed by atoms with van der Waals surface area (Å²) in [5, 5.41) is 0. The van der Waals surface area contributed by atoms with Crippen LogP contribution in [0, 0.1) is 5.92 Å². The van der Waals surface area contributed by atoms with Gasteiger partial charge in [0.1, 0.15) is 5.54 Å². The summed E-state index contributed by atoms with van der Waals surface area (Å²) in [5.41, 5.74) is 0.595. The van der Waals surface area contributed by atoms with Crippen LogP contribution in [-0.4, -0.2) is 28.7 Å². The third kappa shape index (κ3) is 3.52. The zero-order valence-corrected chi connectivity index (χ0v) is 16.5. The van der Waals surface area contributed by atoms with Gasteiger partial charge >= 0.3 is 5.97 Å². The third-order valence-corrected chi connectivity index (χ3v) is 5.75. The van der Waals surface area contributed by atoms with E-state index in [1.807, 2.05) is 60.4 Å². The molecule has 3 rings (SSSR count). The summed E-state index contributed by atoms with van der Waals surface area (Å²) in [7, 11) is 0. The molecule has 1 aliphatic heterocycles. The van der Waals surface area contributed by atoms with E-state index in [4.69, 9.17) is 4.74 Å². The van der Waals surface area contributed by atoms with Crippen molar-refractivity contribution in [3.8, 4) is 0 Å². The number of rotatable bonds is 8. The van der Waals surface area contributed by atoms with Crippen LogP contribution < -0.4 is 0 Å². The van der Waals surface area contributed by atoms with E-state index in [9.17, 15) is 9.59 Å². The first-order valence-electron chi connectivity index (χ1n) is 9.76. The van der Waals surface area contributed by atoms with Crippen molar-refractivity contribution in [1.82, 2.24) is 4.90 Å². The van der Waals surface area contributed by atoms with Crippen molar-refractivity contribution in [2.24, 2.45) is 5.92 Å². The number of esters is 1. The molecule has 0 amide bonds. The molecule has 1 fully saturated rings. The molecule has 0 bridgehead atoms. The fourth-order valence-electron chi connectivity index (χ4n) is 4.00. The Bertz CT molecular complexity index is 833. The van der Waals surface area contributed by atoms with Gasteiger partial charge in [0, 0.05) is 11.1 Å². The fraction of sp³-hybridized carbons (Fsp3) is 0.333. The van der Waals surface area contributed by atoms with Gasteiger partial charge in [0.2, 0.25) is 0 Å². The molecule has 0 N–H and O–H groups in total. The maximum absolute atomic E-state index is 13.2. The Balaban J connectivity index is 2.05. The van der Waals surface area contributed by atoms with Gasteiger partial charge in [-0.15, -0.1) is 6.58 Å². The van der Waals surface area contributed by atoms with Gasteiger partial charge in [-0.25, -0.2) is 9.69 Å². The van der Waals surface area contributed by atoms with Gasteiger partial charge < -0.3 is 4.74 Å². The molecule has 0 radical (unpaired) electrons. The molecule has 28 heavy (non-hydrogen) atoms. The smallest absolute Gasteiger partial charge is 0.329 e. The molecule has 1 heterocycles. The normalized spacial score (nSPS) is 23.2. The fourth-order valence-corrected chi connectivity index (χ4v) is 4.00. The van der Waals surface area contributed by atoms with Crippen LogP contribution in [0.3, 0.4) is 0 Å². The predicted molar refractivity (Wildman–Crippen MR) is 110 cm³/mol. The van der Waals surface area contributed by atoms with E-state index >= 15 is 0 Å². The Morgan fingerprint density at radius 3 is 2.36 bits per heavy atom. The number of carbonyl (C=O) groups excluding carboxylic acids is 2. The van der Waals surface area contributed by atoms with Gasteiger partial charge in [0.15, 0.2) is 12.0 Å².